The minimum atomic E-state index is -0.475. The molecule has 0 spiro atoms. The highest BCUT2D eigenvalue weighted by Crippen LogP contribution is 2.20. The molecule has 0 saturated heterocycles. The van der Waals surface area contributed by atoms with E-state index in [2.05, 4.69) is 5.32 Å². The Hall–Kier alpha value is -4.00. The minimum Gasteiger partial charge on any atom is -0.493 e. The monoisotopic (exact) mass is 432 g/mol. The topological polar surface area (TPSA) is 98.5 Å². The number of carbonyl (C=O) groups is 2. The summed E-state index contributed by atoms with van der Waals surface area (Å²) >= 11 is 0. The summed E-state index contributed by atoms with van der Waals surface area (Å²) in [6.07, 6.45) is 0.549. The predicted octanol–water partition coefficient (Wildman–Crippen LogP) is 4.51. The van der Waals surface area contributed by atoms with Crippen molar-refractivity contribution < 1.29 is 19.2 Å². The van der Waals surface area contributed by atoms with Crippen LogP contribution in [-0.2, 0) is 4.79 Å². The lowest BCUT2D eigenvalue weighted by Gasteiger charge is -2.14. The molecule has 0 aliphatic rings. The highest BCUT2D eigenvalue weighted by molar-refractivity contribution is 6.09. The van der Waals surface area contributed by atoms with Gasteiger partial charge in [-0.25, -0.2) is 0 Å². The van der Waals surface area contributed by atoms with Gasteiger partial charge in [-0.3, -0.25) is 19.7 Å². The number of nitrogens with one attached hydrogen (secondary N) is 1. The third-order valence-electron chi connectivity index (χ3n) is 5.00. The predicted molar refractivity (Wildman–Crippen MR) is 121 cm³/mol. The van der Waals surface area contributed by atoms with Crippen LogP contribution in [0, 0.1) is 10.1 Å². The number of benzene rings is 3. The number of non-ortho nitro benzene ring substituents is 1. The van der Waals surface area contributed by atoms with Crippen molar-refractivity contribution in [3.63, 3.8) is 0 Å². The van der Waals surface area contributed by atoms with Gasteiger partial charge in [-0.2, -0.15) is 0 Å². The molecular formula is C25H24N2O5. The molecule has 0 heterocycles. The first-order valence-electron chi connectivity index (χ1n) is 10.3. The largest absolute Gasteiger partial charge is 0.493 e. The van der Waals surface area contributed by atoms with Gasteiger partial charge in [-0.15, -0.1) is 0 Å². The average molecular weight is 432 g/mol. The van der Waals surface area contributed by atoms with Crippen LogP contribution in [0.2, 0.25) is 0 Å². The van der Waals surface area contributed by atoms with E-state index in [1.54, 1.807) is 49.4 Å². The lowest BCUT2D eigenvalue weighted by atomic mass is 9.95. The summed E-state index contributed by atoms with van der Waals surface area (Å²) < 4.78 is 5.51. The van der Waals surface area contributed by atoms with Gasteiger partial charge in [0.2, 0.25) is 5.91 Å². The molecule has 0 radical (unpaired) electrons. The Morgan fingerprint density at radius 3 is 2.44 bits per heavy atom. The van der Waals surface area contributed by atoms with Crippen LogP contribution < -0.4 is 10.1 Å². The Balaban J connectivity index is 1.49. The molecule has 3 aromatic carbocycles. The van der Waals surface area contributed by atoms with Crippen molar-refractivity contribution in [2.75, 3.05) is 13.2 Å². The molecule has 0 aromatic heterocycles. The number of carbonyl (C=O) groups excluding carboxylic acids is 2. The maximum atomic E-state index is 12.7. The van der Waals surface area contributed by atoms with Gasteiger partial charge in [0.1, 0.15) is 5.75 Å². The normalized spacial score (nSPS) is 11.4. The van der Waals surface area contributed by atoms with Crippen LogP contribution in [0.4, 0.5) is 5.69 Å². The van der Waals surface area contributed by atoms with Gasteiger partial charge < -0.3 is 10.1 Å². The maximum Gasteiger partial charge on any atom is 0.273 e. The lowest BCUT2D eigenvalue weighted by Crippen LogP contribution is -2.29. The molecule has 0 bridgehead atoms. The van der Waals surface area contributed by atoms with E-state index in [-0.39, 0.29) is 17.4 Å². The second-order valence-electron chi connectivity index (χ2n) is 7.29. The van der Waals surface area contributed by atoms with Crippen molar-refractivity contribution in [1.29, 1.82) is 0 Å². The number of nitrogens with zero attached hydrogens (tertiary/aromatic N) is 1. The second-order valence-corrected chi connectivity index (χ2v) is 7.29. The van der Waals surface area contributed by atoms with Crippen LogP contribution in [0.3, 0.4) is 0 Å². The molecule has 0 aliphatic heterocycles. The standard InChI is InChI=1S/C25H24N2O5/c1-18(20-10-5-11-21(16-20)24(28)19-8-3-2-4-9-19)25(29)26-14-7-15-32-23-13-6-12-22(17-23)27(30)31/h2-6,8-13,16-18H,7,14-15H2,1H3,(H,26,29). The Morgan fingerprint density at radius 1 is 0.969 bits per heavy atom. The number of ether oxygens (including phenoxy) is 1. The molecule has 1 amide bonds. The average Bonchev–Trinajstić information content (AvgIpc) is 2.83. The molecular weight excluding hydrogens is 408 g/mol. The number of nitro groups is 1. The van der Waals surface area contributed by atoms with E-state index in [1.165, 1.54) is 12.1 Å². The zero-order valence-electron chi connectivity index (χ0n) is 17.7. The van der Waals surface area contributed by atoms with Crippen LogP contribution in [0.1, 0.15) is 40.7 Å². The van der Waals surface area contributed by atoms with Crippen molar-refractivity contribution in [2.45, 2.75) is 19.3 Å². The smallest absolute Gasteiger partial charge is 0.273 e. The second kappa shape index (κ2) is 10.9. The number of rotatable bonds is 10. The molecule has 7 heteroatoms. The zero-order chi connectivity index (χ0) is 22.9. The molecule has 3 aromatic rings. The Bertz CT molecular complexity index is 1100. The number of amides is 1. The molecule has 0 fully saturated rings. The molecule has 1 atom stereocenters. The van der Waals surface area contributed by atoms with Crippen LogP contribution >= 0.6 is 0 Å². The van der Waals surface area contributed by atoms with Crippen molar-refractivity contribution in [3.05, 3.63) is 106 Å². The third kappa shape index (κ3) is 6.01. The lowest BCUT2D eigenvalue weighted by molar-refractivity contribution is -0.384. The summed E-state index contributed by atoms with van der Waals surface area (Å²) in [5.41, 5.74) is 1.87. The number of hydrogen-bond acceptors (Lipinski definition) is 5. The summed E-state index contributed by atoms with van der Waals surface area (Å²) in [4.78, 5) is 35.5. The molecule has 1 unspecified atom stereocenters. The fourth-order valence-electron chi connectivity index (χ4n) is 3.17. The SMILES string of the molecule is CC(C(=O)NCCCOc1cccc([N+](=O)[O-])c1)c1cccc(C(=O)c2ccccc2)c1. The fourth-order valence-corrected chi connectivity index (χ4v) is 3.17. The molecule has 7 nitrogen and oxygen atoms in total. The van der Waals surface area contributed by atoms with Crippen LogP contribution in [-0.4, -0.2) is 29.8 Å². The Kier molecular flexibility index (Phi) is 7.70. The van der Waals surface area contributed by atoms with Gasteiger partial charge in [0.15, 0.2) is 5.78 Å². The van der Waals surface area contributed by atoms with Gasteiger partial charge in [0.25, 0.3) is 5.69 Å². The number of nitro benzene ring substituents is 1. The molecule has 0 aliphatic carbocycles. The first kappa shape index (κ1) is 22.7. The first-order chi connectivity index (χ1) is 15.5. The van der Waals surface area contributed by atoms with E-state index in [0.717, 1.165) is 5.56 Å². The van der Waals surface area contributed by atoms with E-state index in [9.17, 15) is 19.7 Å². The van der Waals surface area contributed by atoms with E-state index in [1.807, 2.05) is 24.3 Å². The van der Waals surface area contributed by atoms with Crippen molar-refractivity contribution in [2.24, 2.45) is 0 Å². The summed E-state index contributed by atoms with van der Waals surface area (Å²) in [7, 11) is 0. The molecule has 164 valence electrons. The van der Waals surface area contributed by atoms with E-state index in [0.29, 0.717) is 36.4 Å². The highest BCUT2D eigenvalue weighted by atomic mass is 16.6. The van der Waals surface area contributed by atoms with Crippen LogP contribution in [0.15, 0.2) is 78.9 Å². The van der Waals surface area contributed by atoms with Gasteiger partial charge in [-0.05, 0) is 31.0 Å². The van der Waals surface area contributed by atoms with Gasteiger partial charge in [-0.1, -0.05) is 54.6 Å². The van der Waals surface area contributed by atoms with Gasteiger partial charge in [0, 0.05) is 23.7 Å². The number of hydrogen-bond donors (Lipinski definition) is 1. The van der Waals surface area contributed by atoms with Gasteiger partial charge >= 0.3 is 0 Å². The van der Waals surface area contributed by atoms with Crippen LogP contribution in [0.25, 0.3) is 0 Å². The first-order valence-corrected chi connectivity index (χ1v) is 10.3. The van der Waals surface area contributed by atoms with E-state index in [4.69, 9.17) is 4.74 Å². The quantitative estimate of drug-likeness (QED) is 0.220. The van der Waals surface area contributed by atoms with Crippen molar-refractivity contribution >= 4 is 17.4 Å². The molecule has 32 heavy (non-hydrogen) atoms. The fraction of sp³-hybridized carbons (Fsp3) is 0.200. The Labute approximate surface area is 186 Å². The zero-order valence-corrected chi connectivity index (χ0v) is 17.7. The highest BCUT2D eigenvalue weighted by Gasteiger charge is 2.17. The van der Waals surface area contributed by atoms with Gasteiger partial charge in [0.05, 0.1) is 23.5 Å². The summed E-state index contributed by atoms with van der Waals surface area (Å²) in [5, 5.41) is 13.7. The molecule has 0 saturated carbocycles. The molecule has 1 N–H and O–H groups in total. The van der Waals surface area contributed by atoms with E-state index < -0.39 is 10.8 Å². The maximum absolute atomic E-state index is 12.7. The van der Waals surface area contributed by atoms with Crippen molar-refractivity contribution in [1.82, 2.24) is 5.32 Å². The molecule has 3 rings (SSSR count). The summed E-state index contributed by atoms with van der Waals surface area (Å²) in [5.74, 6) is -0.238. The number of ketones is 1. The van der Waals surface area contributed by atoms with E-state index >= 15 is 0 Å². The van der Waals surface area contributed by atoms with Crippen molar-refractivity contribution in [3.8, 4) is 5.75 Å². The summed E-state index contributed by atoms with van der Waals surface area (Å²) in [6.45, 7) is 2.51. The van der Waals surface area contributed by atoms with Crippen LogP contribution in [0.5, 0.6) is 5.75 Å². The Morgan fingerprint density at radius 2 is 1.69 bits per heavy atom. The minimum absolute atomic E-state index is 0.0300. The summed E-state index contributed by atoms with van der Waals surface area (Å²) in [6, 6.07) is 22.1. The third-order valence-corrected chi connectivity index (χ3v) is 5.00.